The van der Waals surface area contributed by atoms with Gasteiger partial charge in [-0.25, -0.2) is 8.42 Å². The van der Waals surface area contributed by atoms with E-state index < -0.39 is 9.84 Å². The number of hydrogen-bond donors (Lipinski definition) is 1. The lowest BCUT2D eigenvalue weighted by Gasteiger charge is -2.06. The van der Waals surface area contributed by atoms with E-state index in [0.29, 0.717) is 13.0 Å². The highest BCUT2D eigenvalue weighted by Crippen LogP contribution is 2.06. The van der Waals surface area contributed by atoms with Crippen molar-refractivity contribution < 1.29 is 8.42 Å². The van der Waals surface area contributed by atoms with Gasteiger partial charge in [0, 0.05) is 30.7 Å². The summed E-state index contributed by atoms with van der Waals surface area (Å²) < 4.78 is 25.1. The predicted molar refractivity (Wildman–Crippen MR) is 75.3 cm³/mol. The summed E-state index contributed by atoms with van der Waals surface area (Å²) in [5.41, 5.74) is 7.07. The zero-order valence-electron chi connectivity index (χ0n) is 11.3. The summed E-state index contributed by atoms with van der Waals surface area (Å²) in [5, 5.41) is 0. The van der Waals surface area contributed by atoms with E-state index in [2.05, 4.69) is 6.92 Å². The average molecular weight is 272 g/mol. The maximum absolute atomic E-state index is 11.6. The van der Waals surface area contributed by atoms with Crippen LogP contribution in [-0.2, 0) is 22.8 Å². The van der Waals surface area contributed by atoms with Crippen LogP contribution in [0.2, 0.25) is 0 Å². The Morgan fingerprint density at radius 3 is 2.67 bits per heavy atom. The average Bonchev–Trinajstić information content (AvgIpc) is 2.74. The van der Waals surface area contributed by atoms with Gasteiger partial charge in [0.15, 0.2) is 9.84 Å². The number of rotatable bonds is 8. The Hall–Kier alpha value is -0.810. The van der Waals surface area contributed by atoms with Crippen molar-refractivity contribution in [2.24, 2.45) is 5.73 Å². The highest BCUT2D eigenvalue weighted by molar-refractivity contribution is 7.91. The molecule has 1 aromatic heterocycles. The van der Waals surface area contributed by atoms with Crippen LogP contribution in [0.15, 0.2) is 18.5 Å². The fraction of sp³-hybridized carbons (Fsp3) is 0.692. The molecule has 1 rings (SSSR count). The van der Waals surface area contributed by atoms with Crippen molar-refractivity contribution in [1.29, 1.82) is 0 Å². The summed E-state index contributed by atoms with van der Waals surface area (Å²) in [5.74, 6) is 0.497. The summed E-state index contributed by atoms with van der Waals surface area (Å²) in [4.78, 5) is 0. The fourth-order valence-electron chi connectivity index (χ4n) is 1.86. The Kier molecular flexibility index (Phi) is 5.88. The van der Waals surface area contributed by atoms with Gasteiger partial charge < -0.3 is 10.3 Å². The minimum atomic E-state index is -2.89. The molecule has 0 saturated heterocycles. The van der Waals surface area contributed by atoms with E-state index in [0.717, 1.165) is 12.8 Å². The van der Waals surface area contributed by atoms with E-state index >= 15 is 0 Å². The molecule has 1 unspecified atom stereocenters. The molecule has 0 saturated carbocycles. The van der Waals surface area contributed by atoms with Crippen molar-refractivity contribution in [3.05, 3.63) is 24.0 Å². The number of aromatic nitrogens is 1. The van der Waals surface area contributed by atoms with Crippen molar-refractivity contribution in [2.75, 3.05) is 11.5 Å². The molecule has 1 aromatic rings. The number of nitrogens with two attached hydrogens (primary N) is 1. The number of aryl methyl sites for hydroxylation is 1. The van der Waals surface area contributed by atoms with Crippen LogP contribution in [0, 0.1) is 0 Å². The van der Waals surface area contributed by atoms with Gasteiger partial charge in [-0.3, -0.25) is 0 Å². The van der Waals surface area contributed by atoms with Gasteiger partial charge >= 0.3 is 0 Å². The minimum Gasteiger partial charge on any atom is -0.353 e. The third kappa shape index (κ3) is 5.23. The van der Waals surface area contributed by atoms with E-state index in [-0.39, 0.29) is 17.5 Å². The molecule has 0 bridgehead atoms. The zero-order chi connectivity index (χ0) is 13.6. The van der Waals surface area contributed by atoms with Crippen LogP contribution in [0.4, 0.5) is 0 Å². The van der Waals surface area contributed by atoms with Crippen LogP contribution < -0.4 is 5.73 Å². The van der Waals surface area contributed by atoms with Gasteiger partial charge in [0.1, 0.15) is 0 Å². The van der Waals surface area contributed by atoms with E-state index in [4.69, 9.17) is 5.73 Å². The van der Waals surface area contributed by atoms with Gasteiger partial charge in [-0.05, 0) is 30.9 Å². The first-order chi connectivity index (χ1) is 8.46. The standard InChI is InChI=1S/C13H24N2O2S/c1-3-8-18(16,17)9-7-15-6-5-12(11-15)10-13(14)4-2/h5-6,11,13H,3-4,7-10,14H2,1-2H3. The molecule has 104 valence electrons. The van der Waals surface area contributed by atoms with Crippen LogP contribution in [0.5, 0.6) is 0 Å². The maximum Gasteiger partial charge on any atom is 0.152 e. The lowest BCUT2D eigenvalue weighted by atomic mass is 10.1. The van der Waals surface area contributed by atoms with Crippen LogP contribution in [0.1, 0.15) is 32.3 Å². The molecule has 5 heteroatoms. The Bertz CT molecular complexity index is 451. The van der Waals surface area contributed by atoms with Crippen molar-refractivity contribution in [3.63, 3.8) is 0 Å². The summed E-state index contributed by atoms with van der Waals surface area (Å²) >= 11 is 0. The lowest BCUT2D eigenvalue weighted by Crippen LogP contribution is -2.21. The van der Waals surface area contributed by atoms with E-state index in [1.807, 2.05) is 30.0 Å². The molecule has 1 heterocycles. The van der Waals surface area contributed by atoms with Crippen LogP contribution >= 0.6 is 0 Å². The number of nitrogens with zero attached hydrogens (tertiary/aromatic N) is 1. The molecule has 0 fully saturated rings. The molecule has 0 spiro atoms. The molecule has 0 amide bonds. The monoisotopic (exact) mass is 272 g/mol. The lowest BCUT2D eigenvalue weighted by molar-refractivity contribution is 0.587. The molecule has 0 radical (unpaired) electrons. The van der Waals surface area contributed by atoms with Gasteiger partial charge in [0.05, 0.1) is 5.75 Å². The van der Waals surface area contributed by atoms with Crippen molar-refractivity contribution >= 4 is 9.84 Å². The Labute approximate surface area is 110 Å². The van der Waals surface area contributed by atoms with Gasteiger partial charge in [-0.2, -0.15) is 0 Å². The summed E-state index contributed by atoms with van der Waals surface area (Å²) in [7, 11) is -2.89. The molecule has 0 aliphatic rings. The van der Waals surface area contributed by atoms with E-state index in [1.165, 1.54) is 5.56 Å². The highest BCUT2D eigenvalue weighted by Gasteiger charge is 2.09. The first-order valence-electron chi connectivity index (χ1n) is 6.57. The number of hydrogen-bond acceptors (Lipinski definition) is 3. The molecule has 1 atom stereocenters. The van der Waals surface area contributed by atoms with Crippen molar-refractivity contribution in [2.45, 2.75) is 45.7 Å². The molecule has 0 aliphatic heterocycles. The minimum absolute atomic E-state index is 0.185. The second kappa shape index (κ2) is 6.95. The summed E-state index contributed by atoms with van der Waals surface area (Å²) in [6, 6.07) is 2.20. The topological polar surface area (TPSA) is 65.1 Å². The molecular formula is C13H24N2O2S. The SMILES string of the molecule is CCCS(=O)(=O)CCn1ccc(CC(N)CC)c1. The quantitative estimate of drug-likeness (QED) is 0.781. The van der Waals surface area contributed by atoms with Crippen LogP contribution in [0.3, 0.4) is 0 Å². The second-order valence-corrected chi connectivity index (χ2v) is 7.09. The largest absolute Gasteiger partial charge is 0.353 e. The Balaban J connectivity index is 2.49. The molecule has 2 N–H and O–H groups in total. The molecule has 18 heavy (non-hydrogen) atoms. The summed E-state index contributed by atoms with van der Waals surface area (Å²) in [6.07, 6.45) is 6.42. The highest BCUT2D eigenvalue weighted by atomic mass is 32.2. The van der Waals surface area contributed by atoms with Gasteiger partial charge in [0.25, 0.3) is 0 Å². The second-order valence-electron chi connectivity index (χ2n) is 4.78. The third-order valence-corrected chi connectivity index (χ3v) is 4.84. The normalized spacial score (nSPS) is 13.7. The molecule has 0 aromatic carbocycles. The van der Waals surface area contributed by atoms with Crippen molar-refractivity contribution in [3.8, 4) is 0 Å². The zero-order valence-corrected chi connectivity index (χ0v) is 12.1. The van der Waals surface area contributed by atoms with Crippen LogP contribution in [-0.4, -0.2) is 30.5 Å². The van der Waals surface area contributed by atoms with Gasteiger partial charge in [-0.15, -0.1) is 0 Å². The Morgan fingerprint density at radius 2 is 2.06 bits per heavy atom. The predicted octanol–water partition coefficient (Wildman–Crippen LogP) is 1.59. The Morgan fingerprint density at radius 1 is 1.33 bits per heavy atom. The molecular weight excluding hydrogens is 248 g/mol. The first kappa shape index (κ1) is 15.2. The van der Waals surface area contributed by atoms with Gasteiger partial charge in [-0.1, -0.05) is 13.8 Å². The van der Waals surface area contributed by atoms with Gasteiger partial charge in [0.2, 0.25) is 0 Å². The third-order valence-electron chi connectivity index (χ3n) is 3.01. The summed E-state index contributed by atoms with van der Waals surface area (Å²) in [6.45, 7) is 4.49. The van der Waals surface area contributed by atoms with E-state index in [9.17, 15) is 8.42 Å². The molecule has 0 aliphatic carbocycles. The van der Waals surface area contributed by atoms with Crippen molar-refractivity contribution in [1.82, 2.24) is 4.57 Å². The first-order valence-corrected chi connectivity index (χ1v) is 8.39. The number of sulfone groups is 1. The van der Waals surface area contributed by atoms with Crippen LogP contribution in [0.25, 0.3) is 0 Å². The molecule has 4 nitrogen and oxygen atoms in total. The van der Waals surface area contributed by atoms with E-state index in [1.54, 1.807) is 0 Å². The maximum atomic E-state index is 11.6. The fourth-order valence-corrected chi connectivity index (χ4v) is 3.17. The smallest absolute Gasteiger partial charge is 0.152 e.